The van der Waals surface area contributed by atoms with Gasteiger partial charge in [0.05, 0.1) is 0 Å². The SMILES string of the molecule is CN(C)C=CC(=O)C1(C(=O)NCc2ccccc2)CC1. The third-order valence-corrected chi connectivity index (χ3v) is 3.48. The van der Waals surface area contributed by atoms with Gasteiger partial charge >= 0.3 is 0 Å². The molecule has 1 aromatic carbocycles. The lowest BCUT2D eigenvalue weighted by molar-refractivity contribution is -0.133. The molecule has 0 saturated heterocycles. The molecule has 0 aromatic heterocycles. The molecule has 4 nitrogen and oxygen atoms in total. The highest BCUT2D eigenvalue weighted by Crippen LogP contribution is 2.47. The maximum absolute atomic E-state index is 12.2. The van der Waals surface area contributed by atoms with Crippen molar-refractivity contribution in [3.63, 3.8) is 0 Å². The van der Waals surface area contributed by atoms with Crippen LogP contribution in [-0.2, 0) is 16.1 Å². The number of allylic oxidation sites excluding steroid dienone is 1. The number of hydrogen-bond acceptors (Lipinski definition) is 3. The molecule has 0 bridgehead atoms. The van der Waals surface area contributed by atoms with E-state index in [-0.39, 0.29) is 11.7 Å². The second-order valence-corrected chi connectivity index (χ2v) is 5.39. The molecule has 0 spiro atoms. The monoisotopic (exact) mass is 272 g/mol. The standard InChI is InChI=1S/C16H20N2O2/c1-18(2)11-8-14(19)16(9-10-16)15(20)17-12-13-6-4-3-5-7-13/h3-8,11H,9-10,12H2,1-2H3,(H,17,20). The van der Waals surface area contributed by atoms with Gasteiger partial charge in [-0.05, 0) is 24.5 Å². The molecule has 1 fully saturated rings. The summed E-state index contributed by atoms with van der Waals surface area (Å²) in [6.07, 6.45) is 4.47. The van der Waals surface area contributed by atoms with E-state index in [1.165, 1.54) is 6.08 Å². The van der Waals surface area contributed by atoms with Crippen LogP contribution in [0.4, 0.5) is 0 Å². The number of benzene rings is 1. The molecule has 1 aromatic rings. The van der Waals surface area contributed by atoms with Gasteiger partial charge in [0.15, 0.2) is 5.78 Å². The highest BCUT2D eigenvalue weighted by atomic mass is 16.2. The highest BCUT2D eigenvalue weighted by molar-refractivity contribution is 6.13. The molecule has 20 heavy (non-hydrogen) atoms. The van der Waals surface area contributed by atoms with Crippen LogP contribution in [-0.4, -0.2) is 30.7 Å². The van der Waals surface area contributed by atoms with Crippen molar-refractivity contribution in [3.05, 3.63) is 48.2 Å². The van der Waals surface area contributed by atoms with Crippen molar-refractivity contribution in [2.45, 2.75) is 19.4 Å². The lowest BCUT2D eigenvalue weighted by Crippen LogP contribution is -2.36. The van der Waals surface area contributed by atoms with Crippen molar-refractivity contribution >= 4 is 11.7 Å². The Hall–Kier alpha value is -2.10. The molecule has 1 aliphatic carbocycles. The Bertz CT molecular complexity index is 517. The third-order valence-electron chi connectivity index (χ3n) is 3.48. The van der Waals surface area contributed by atoms with Crippen LogP contribution in [0.1, 0.15) is 18.4 Å². The maximum atomic E-state index is 12.2. The van der Waals surface area contributed by atoms with Gasteiger partial charge in [-0.25, -0.2) is 0 Å². The van der Waals surface area contributed by atoms with Gasteiger partial charge in [0.25, 0.3) is 0 Å². The van der Waals surface area contributed by atoms with Crippen LogP contribution in [0.15, 0.2) is 42.6 Å². The Labute approximate surface area is 119 Å². The van der Waals surface area contributed by atoms with Crippen LogP contribution >= 0.6 is 0 Å². The van der Waals surface area contributed by atoms with Crippen molar-refractivity contribution in [1.82, 2.24) is 10.2 Å². The fourth-order valence-electron chi connectivity index (χ4n) is 2.03. The predicted octanol–water partition coefficient (Wildman–Crippen LogP) is 1.73. The second kappa shape index (κ2) is 5.90. The normalized spacial score (nSPS) is 15.9. The average molecular weight is 272 g/mol. The summed E-state index contributed by atoms with van der Waals surface area (Å²) >= 11 is 0. The van der Waals surface area contributed by atoms with Crippen molar-refractivity contribution in [3.8, 4) is 0 Å². The zero-order valence-corrected chi connectivity index (χ0v) is 11.9. The Morgan fingerprint density at radius 2 is 1.90 bits per heavy atom. The number of hydrogen-bond donors (Lipinski definition) is 1. The number of rotatable bonds is 6. The van der Waals surface area contributed by atoms with Crippen LogP contribution < -0.4 is 5.32 Å². The van der Waals surface area contributed by atoms with Crippen LogP contribution in [0.2, 0.25) is 0 Å². The van der Waals surface area contributed by atoms with Crippen molar-refractivity contribution in [2.24, 2.45) is 5.41 Å². The fraction of sp³-hybridized carbons (Fsp3) is 0.375. The first-order valence-corrected chi connectivity index (χ1v) is 6.76. The molecule has 0 radical (unpaired) electrons. The van der Waals surface area contributed by atoms with Gasteiger partial charge in [-0.1, -0.05) is 30.3 Å². The predicted molar refractivity (Wildman–Crippen MR) is 77.8 cm³/mol. The van der Waals surface area contributed by atoms with Gasteiger partial charge in [-0.3, -0.25) is 9.59 Å². The Balaban J connectivity index is 1.93. The average Bonchev–Trinajstić information content (AvgIpc) is 3.25. The zero-order chi connectivity index (χ0) is 14.6. The number of carbonyl (C=O) groups excluding carboxylic acids is 2. The minimum absolute atomic E-state index is 0.100. The van der Waals surface area contributed by atoms with Gasteiger partial charge in [0.2, 0.25) is 5.91 Å². The smallest absolute Gasteiger partial charge is 0.234 e. The summed E-state index contributed by atoms with van der Waals surface area (Å²) in [5.41, 5.74) is 0.217. The summed E-state index contributed by atoms with van der Waals surface area (Å²) < 4.78 is 0. The molecule has 1 amide bonds. The summed E-state index contributed by atoms with van der Waals surface area (Å²) in [4.78, 5) is 26.1. The lowest BCUT2D eigenvalue weighted by atomic mass is 9.99. The van der Waals surface area contributed by atoms with E-state index in [9.17, 15) is 9.59 Å². The minimum Gasteiger partial charge on any atom is -0.383 e. The lowest BCUT2D eigenvalue weighted by Gasteiger charge is -2.13. The summed E-state index contributed by atoms with van der Waals surface area (Å²) in [6.45, 7) is 0.464. The van der Waals surface area contributed by atoms with Crippen molar-refractivity contribution in [1.29, 1.82) is 0 Å². The van der Waals surface area contributed by atoms with E-state index >= 15 is 0 Å². The second-order valence-electron chi connectivity index (χ2n) is 5.39. The number of carbonyl (C=O) groups is 2. The van der Waals surface area contributed by atoms with E-state index in [0.717, 1.165) is 5.56 Å². The molecule has 0 atom stereocenters. The summed E-state index contributed by atoms with van der Waals surface area (Å²) in [6, 6.07) is 9.70. The van der Waals surface area contributed by atoms with Gasteiger partial charge < -0.3 is 10.2 Å². The first-order chi connectivity index (χ1) is 9.54. The molecule has 2 rings (SSSR count). The molecule has 0 aliphatic heterocycles. The maximum Gasteiger partial charge on any atom is 0.234 e. The van der Waals surface area contributed by atoms with Gasteiger partial charge in [-0.15, -0.1) is 0 Å². The summed E-state index contributed by atoms with van der Waals surface area (Å²) in [5, 5.41) is 2.86. The third kappa shape index (κ3) is 3.26. The van der Waals surface area contributed by atoms with Crippen molar-refractivity contribution in [2.75, 3.05) is 14.1 Å². The topological polar surface area (TPSA) is 49.4 Å². The molecule has 1 N–H and O–H groups in total. The first-order valence-electron chi connectivity index (χ1n) is 6.76. The Kier molecular flexibility index (Phi) is 4.23. The number of nitrogens with zero attached hydrogens (tertiary/aromatic N) is 1. The Morgan fingerprint density at radius 3 is 2.45 bits per heavy atom. The molecule has 1 aliphatic rings. The van der Waals surface area contributed by atoms with E-state index in [4.69, 9.17) is 0 Å². The number of ketones is 1. The van der Waals surface area contributed by atoms with Gasteiger partial charge in [-0.2, -0.15) is 0 Å². The molecule has 0 unspecified atom stereocenters. The molecule has 106 valence electrons. The van der Waals surface area contributed by atoms with Crippen LogP contribution in [0.5, 0.6) is 0 Å². The molecule has 1 saturated carbocycles. The molecular formula is C16H20N2O2. The van der Waals surface area contributed by atoms with E-state index < -0.39 is 5.41 Å². The fourth-order valence-corrected chi connectivity index (χ4v) is 2.03. The number of nitrogens with one attached hydrogen (secondary N) is 1. The van der Waals surface area contributed by atoms with Crippen LogP contribution in [0.3, 0.4) is 0 Å². The van der Waals surface area contributed by atoms with Gasteiger partial charge in [0, 0.05) is 26.8 Å². The van der Waals surface area contributed by atoms with Crippen LogP contribution in [0.25, 0.3) is 0 Å². The molecule has 0 heterocycles. The van der Waals surface area contributed by atoms with Crippen molar-refractivity contribution < 1.29 is 9.59 Å². The molecule has 4 heteroatoms. The van der Waals surface area contributed by atoms with E-state index in [0.29, 0.717) is 19.4 Å². The van der Waals surface area contributed by atoms with E-state index in [1.54, 1.807) is 11.1 Å². The minimum atomic E-state index is -0.818. The highest BCUT2D eigenvalue weighted by Gasteiger charge is 2.54. The zero-order valence-electron chi connectivity index (χ0n) is 11.9. The van der Waals surface area contributed by atoms with Gasteiger partial charge in [0.1, 0.15) is 5.41 Å². The number of amides is 1. The largest absolute Gasteiger partial charge is 0.383 e. The van der Waals surface area contributed by atoms with E-state index in [2.05, 4.69) is 5.32 Å². The summed E-state index contributed by atoms with van der Waals surface area (Å²) in [5.74, 6) is -0.258. The first kappa shape index (κ1) is 14.3. The molecular weight excluding hydrogens is 252 g/mol. The van der Waals surface area contributed by atoms with Crippen LogP contribution in [0, 0.1) is 5.41 Å². The Morgan fingerprint density at radius 1 is 1.25 bits per heavy atom. The summed E-state index contributed by atoms with van der Waals surface area (Å²) in [7, 11) is 3.69. The quantitative estimate of drug-likeness (QED) is 0.634. The van der Waals surface area contributed by atoms with E-state index in [1.807, 2.05) is 44.4 Å².